The first-order valence-corrected chi connectivity index (χ1v) is 6.43. The standard InChI is InChI=1S/C12H23N3O5/c1-4-20-6-9(7(2)3)15-12(19)14-8(11(17)18)5-10(13)16/h7-9H,4-6H2,1-3H3,(H2,13,16)(H,17,18)(H2,14,15,19)/t8-,9?/m0/s1. The van der Waals surface area contributed by atoms with Crippen molar-refractivity contribution in [3.8, 4) is 0 Å². The van der Waals surface area contributed by atoms with Crippen LogP contribution in [0.25, 0.3) is 0 Å². The number of hydrogen-bond acceptors (Lipinski definition) is 4. The molecule has 0 saturated carbocycles. The predicted octanol–water partition coefficient (Wildman–Crippen LogP) is -0.325. The second-order valence-corrected chi connectivity index (χ2v) is 4.69. The third-order valence-electron chi connectivity index (χ3n) is 2.63. The number of ether oxygens (including phenoxy) is 1. The van der Waals surface area contributed by atoms with Crippen LogP contribution in [0.2, 0.25) is 0 Å². The molecule has 1 unspecified atom stereocenters. The van der Waals surface area contributed by atoms with E-state index in [-0.39, 0.29) is 12.0 Å². The Labute approximate surface area is 118 Å². The number of carbonyl (C=O) groups excluding carboxylic acids is 2. The minimum Gasteiger partial charge on any atom is -0.480 e. The summed E-state index contributed by atoms with van der Waals surface area (Å²) in [6, 6.07) is -2.26. The van der Waals surface area contributed by atoms with E-state index in [9.17, 15) is 14.4 Å². The van der Waals surface area contributed by atoms with Gasteiger partial charge >= 0.3 is 12.0 Å². The molecule has 2 atom stereocenters. The van der Waals surface area contributed by atoms with E-state index < -0.39 is 30.4 Å². The number of nitrogens with one attached hydrogen (secondary N) is 2. The van der Waals surface area contributed by atoms with Crippen molar-refractivity contribution in [1.82, 2.24) is 10.6 Å². The van der Waals surface area contributed by atoms with Crippen molar-refractivity contribution in [2.45, 2.75) is 39.3 Å². The topological polar surface area (TPSA) is 131 Å². The van der Waals surface area contributed by atoms with Gasteiger partial charge in [0.2, 0.25) is 5.91 Å². The van der Waals surface area contributed by atoms with Gasteiger partial charge in [-0.05, 0) is 12.8 Å². The van der Waals surface area contributed by atoms with Crippen molar-refractivity contribution in [1.29, 1.82) is 0 Å². The molecule has 0 aliphatic carbocycles. The fraction of sp³-hybridized carbons (Fsp3) is 0.750. The molecule has 20 heavy (non-hydrogen) atoms. The zero-order valence-corrected chi connectivity index (χ0v) is 12.0. The lowest BCUT2D eigenvalue weighted by atomic mass is 10.1. The molecule has 0 aliphatic heterocycles. The molecule has 0 rings (SSSR count). The van der Waals surface area contributed by atoms with Crippen LogP contribution in [-0.4, -0.2) is 48.3 Å². The lowest BCUT2D eigenvalue weighted by Gasteiger charge is -2.23. The fourth-order valence-electron chi connectivity index (χ4n) is 1.42. The maximum absolute atomic E-state index is 11.7. The van der Waals surface area contributed by atoms with Crippen LogP contribution >= 0.6 is 0 Å². The highest BCUT2D eigenvalue weighted by Gasteiger charge is 2.24. The Hall–Kier alpha value is -1.83. The van der Waals surface area contributed by atoms with Gasteiger partial charge in [0.1, 0.15) is 6.04 Å². The smallest absolute Gasteiger partial charge is 0.326 e. The van der Waals surface area contributed by atoms with Crippen molar-refractivity contribution in [3.05, 3.63) is 0 Å². The summed E-state index contributed by atoms with van der Waals surface area (Å²) >= 11 is 0. The fourth-order valence-corrected chi connectivity index (χ4v) is 1.42. The summed E-state index contributed by atoms with van der Waals surface area (Å²) in [4.78, 5) is 33.3. The molecule has 0 radical (unpaired) electrons. The lowest BCUT2D eigenvalue weighted by Crippen LogP contribution is -2.52. The molecule has 0 fully saturated rings. The van der Waals surface area contributed by atoms with Gasteiger partial charge in [0.15, 0.2) is 0 Å². The highest BCUT2D eigenvalue weighted by molar-refractivity contribution is 5.87. The number of carboxylic acid groups (broad SMARTS) is 1. The summed E-state index contributed by atoms with van der Waals surface area (Å²) < 4.78 is 5.24. The van der Waals surface area contributed by atoms with Gasteiger partial charge in [0.05, 0.1) is 19.1 Å². The molecular weight excluding hydrogens is 266 g/mol. The summed E-state index contributed by atoms with van der Waals surface area (Å²) in [5, 5.41) is 13.7. The monoisotopic (exact) mass is 289 g/mol. The van der Waals surface area contributed by atoms with Gasteiger partial charge in [0, 0.05) is 6.61 Å². The number of carbonyl (C=O) groups is 3. The van der Waals surface area contributed by atoms with Crippen LogP contribution in [0.5, 0.6) is 0 Å². The molecule has 0 heterocycles. The predicted molar refractivity (Wildman–Crippen MR) is 72.0 cm³/mol. The molecule has 8 heteroatoms. The minimum absolute atomic E-state index is 0.117. The number of rotatable bonds is 9. The Bertz CT molecular complexity index is 346. The molecule has 0 spiro atoms. The second kappa shape index (κ2) is 9.13. The molecule has 0 aromatic carbocycles. The van der Waals surface area contributed by atoms with E-state index in [2.05, 4.69) is 10.6 Å². The van der Waals surface area contributed by atoms with E-state index in [4.69, 9.17) is 15.6 Å². The van der Waals surface area contributed by atoms with Gasteiger partial charge in [-0.25, -0.2) is 9.59 Å². The van der Waals surface area contributed by atoms with Crippen molar-refractivity contribution < 1.29 is 24.2 Å². The van der Waals surface area contributed by atoms with E-state index in [0.717, 1.165) is 0 Å². The van der Waals surface area contributed by atoms with Crippen LogP contribution in [0.1, 0.15) is 27.2 Å². The number of aliphatic carboxylic acids is 1. The zero-order valence-electron chi connectivity index (χ0n) is 12.0. The first-order chi connectivity index (χ1) is 9.27. The molecule has 0 saturated heterocycles. The summed E-state index contributed by atoms with van der Waals surface area (Å²) in [7, 11) is 0. The minimum atomic E-state index is -1.34. The van der Waals surface area contributed by atoms with Crippen LogP contribution in [0, 0.1) is 5.92 Å². The van der Waals surface area contributed by atoms with Gasteiger partial charge in [-0.3, -0.25) is 4.79 Å². The van der Waals surface area contributed by atoms with Crippen molar-refractivity contribution in [3.63, 3.8) is 0 Å². The first kappa shape index (κ1) is 18.2. The second-order valence-electron chi connectivity index (χ2n) is 4.69. The summed E-state index contributed by atoms with van der Waals surface area (Å²) in [6.45, 7) is 6.50. The van der Waals surface area contributed by atoms with Gasteiger partial charge in [0.25, 0.3) is 0 Å². The van der Waals surface area contributed by atoms with E-state index in [0.29, 0.717) is 13.2 Å². The van der Waals surface area contributed by atoms with Crippen LogP contribution in [0.15, 0.2) is 0 Å². The third kappa shape index (κ3) is 7.57. The zero-order chi connectivity index (χ0) is 15.7. The number of urea groups is 1. The Morgan fingerprint density at radius 3 is 2.25 bits per heavy atom. The summed E-state index contributed by atoms with van der Waals surface area (Å²) in [6.07, 6.45) is -0.458. The maximum Gasteiger partial charge on any atom is 0.326 e. The Morgan fingerprint density at radius 1 is 1.25 bits per heavy atom. The quantitative estimate of drug-likeness (QED) is 0.462. The van der Waals surface area contributed by atoms with E-state index >= 15 is 0 Å². The van der Waals surface area contributed by atoms with Crippen LogP contribution < -0.4 is 16.4 Å². The molecular formula is C12H23N3O5. The van der Waals surface area contributed by atoms with Crippen LogP contribution in [0.4, 0.5) is 4.79 Å². The lowest BCUT2D eigenvalue weighted by molar-refractivity contribution is -0.140. The van der Waals surface area contributed by atoms with Crippen LogP contribution in [0.3, 0.4) is 0 Å². The molecule has 0 bridgehead atoms. The van der Waals surface area contributed by atoms with E-state index in [1.807, 2.05) is 20.8 Å². The first-order valence-electron chi connectivity index (χ1n) is 6.43. The average Bonchev–Trinajstić information content (AvgIpc) is 2.32. The van der Waals surface area contributed by atoms with Gasteiger partial charge < -0.3 is 26.2 Å². The normalized spacial score (nSPS) is 13.6. The molecule has 8 nitrogen and oxygen atoms in total. The van der Waals surface area contributed by atoms with E-state index in [1.54, 1.807) is 0 Å². The largest absolute Gasteiger partial charge is 0.480 e. The molecule has 3 amide bonds. The van der Waals surface area contributed by atoms with E-state index in [1.165, 1.54) is 0 Å². The summed E-state index contributed by atoms with van der Waals surface area (Å²) in [5.74, 6) is -2.00. The third-order valence-corrected chi connectivity index (χ3v) is 2.63. The molecule has 0 aliphatic rings. The molecule has 0 aromatic rings. The number of amides is 3. The molecule has 116 valence electrons. The average molecular weight is 289 g/mol. The molecule has 5 N–H and O–H groups in total. The maximum atomic E-state index is 11.7. The van der Waals surface area contributed by atoms with Gasteiger partial charge in [-0.15, -0.1) is 0 Å². The number of hydrogen-bond donors (Lipinski definition) is 4. The Kier molecular flexibility index (Phi) is 8.30. The van der Waals surface area contributed by atoms with Crippen LogP contribution in [-0.2, 0) is 14.3 Å². The molecule has 0 aromatic heterocycles. The number of nitrogens with two attached hydrogens (primary N) is 1. The highest BCUT2D eigenvalue weighted by Crippen LogP contribution is 2.02. The number of carboxylic acids is 1. The van der Waals surface area contributed by atoms with Crippen molar-refractivity contribution in [2.24, 2.45) is 11.7 Å². The number of primary amides is 1. The van der Waals surface area contributed by atoms with Crippen molar-refractivity contribution >= 4 is 17.9 Å². The Balaban J connectivity index is 4.47. The van der Waals surface area contributed by atoms with Crippen molar-refractivity contribution in [2.75, 3.05) is 13.2 Å². The SMILES string of the molecule is CCOCC(NC(=O)N[C@@H](CC(N)=O)C(=O)O)C(C)C. The van der Waals surface area contributed by atoms with Gasteiger partial charge in [-0.1, -0.05) is 13.8 Å². The Morgan fingerprint density at radius 2 is 1.85 bits per heavy atom. The summed E-state index contributed by atoms with van der Waals surface area (Å²) in [5.41, 5.74) is 4.93. The highest BCUT2D eigenvalue weighted by atomic mass is 16.5. The van der Waals surface area contributed by atoms with Gasteiger partial charge in [-0.2, -0.15) is 0 Å².